The number of aliphatic hydroxyl groups is 1. The third-order valence-electron chi connectivity index (χ3n) is 5.13. The van der Waals surface area contributed by atoms with Crippen LogP contribution in [-0.2, 0) is 15.2 Å². The summed E-state index contributed by atoms with van der Waals surface area (Å²) < 4.78 is 5.29. The van der Waals surface area contributed by atoms with Gasteiger partial charge >= 0.3 is 0 Å². The number of amides is 2. The van der Waals surface area contributed by atoms with Crippen molar-refractivity contribution in [1.82, 2.24) is 25.0 Å². The van der Waals surface area contributed by atoms with E-state index < -0.39 is 23.5 Å². The number of carbonyl (C=O) groups excluding carboxylic acids is 2. The topological polar surface area (TPSA) is 160 Å². The lowest BCUT2D eigenvalue weighted by atomic mass is 9.98. The van der Waals surface area contributed by atoms with E-state index in [9.17, 15) is 14.7 Å². The SMILES string of the molecule is CC(Nc1nccc(-c2cccc(-c3cc(C4(O)CCN(C)C4=O)on3)n2)n1)C(N)=O. The molecule has 0 spiro atoms. The Morgan fingerprint density at radius 3 is 2.65 bits per heavy atom. The highest BCUT2D eigenvalue weighted by Crippen LogP contribution is 2.34. The van der Waals surface area contributed by atoms with Gasteiger partial charge in [-0.15, -0.1) is 0 Å². The van der Waals surface area contributed by atoms with Crippen LogP contribution >= 0.6 is 0 Å². The molecule has 11 nitrogen and oxygen atoms in total. The molecule has 0 radical (unpaired) electrons. The molecule has 1 fully saturated rings. The quantitative estimate of drug-likeness (QED) is 0.513. The number of nitrogens with zero attached hydrogens (tertiary/aromatic N) is 5. The van der Waals surface area contributed by atoms with E-state index in [2.05, 4.69) is 25.4 Å². The van der Waals surface area contributed by atoms with Crippen LogP contribution < -0.4 is 11.1 Å². The molecule has 1 saturated heterocycles. The summed E-state index contributed by atoms with van der Waals surface area (Å²) in [4.78, 5) is 38.0. The number of anilines is 1. The number of likely N-dealkylation sites (tertiary alicyclic amines) is 1. The monoisotopic (exact) mass is 423 g/mol. The molecule has 0 aromatic carbocycles. The fraction of sp³-hybridized carbons (Fsp3) is 0.300. The Hall–Kier alpha value is -3.86. The van der Waals surface area contributed by atoms with Crippen molar-refractivity contribution in [2.24, 2.45) is 5.73 Å². The average molecular weight is 423 g/mol. The van der Waals surface area contributed by atoms with Crippen LogP contribution in [0.5, 0.6) is 0 Å². The molecule has 0 bridgehead atoms. The molecule has 4 N–H and O–H groups in total. The molecule has 4 heterocycles. The van der Waals surface area contributed by atoms with Crippen LogP contribution in [0.4, 0.5) is 5.95 Å². The summed E-state index contributed by atoms with van der Waals surface area (Å²) in [7, 11) is 1.62. The largest absolute Gasteiger partial charge is 0.373 e. The van der Waals surface area contributed by atoms with Crippen molar-refractivity contribution in [2.45, 2.75) is 25.0 Å². The second-order valence-electron chi connectivity index (χ2n) is 7.36. The van der Waals surface area contributed by atoms with Crippen molar-refractivity contribution in [1.29, 1.82) is 0 Å². The second-order valence-corrected chi connectivity index (χ2v) is 7.36. The normalized spacial score (nSPS) is 19.5. The van der Waals surface area contributed by atoms with Gasteiger partial charge < -0.3 is 25.6 Å². The lowest BCUT2D eigenvalue weighted by Crippen LogP contribution is -2.35. The van der Waals surface area contributed by atoms with Crippen molar-refractivity contribution in [2.75, 3.05) is 18.9 Å². The number of hydrogen-bond donors (Lipinski definition) is 3. The number of primary amides is 1. The first-order valence-corrected chi connectivity index (χ1v) is 9.60. The number of hydrogen-bond acceptors (Lipinski definition) is 9. The van der Waals surface area contributed by atoms with E-state index in [4.69, 9.17) is 10.3 Å². The molecule has 3 aromatic rings. The highest BCUT2D eigenvalue weighted by atomic mass is 16.5. The van der Waals surface area contributed by atoms with Gasteiger partial charge in [0.05, 0.1) is 17.1 Å². The number of aromatic nitrogens is 4. The first-order chi connectivity index (χ1) is 14.8. The minimum absolute atomic E-state index is 0.0815. The van der Waals surface area contributed by atoms with Gasteiger partial charge in [0.2, 0.25) is 17.5 Å². The molecule has 2 unspecified atom stereocenters. The molecule has 11 heteroatoms. The molecule has 4 rings (SSSR count). The maximum absolute atomic E-state index is 12.3. The van der Waals surface area contributed by atoms with E-state index in [0.29, 0.717) is 29.3 Å². The van der Waals surface area contributed by atoms with Crippen LogP contribution in [0.1, 0.15) is 19.1 Å². The Kier molecular flexibility index (Phi) is 5.11. The smallest absolute Gasteiger partial charge is 0.262 e. The Labute approximate surface area is 177 Å². The van der Waals surface area contributed by atoms with Crippen LogP contribution in [0.15, 0.2) is 41.1 Å². The van der Waals surface area contributed by atoms with Crippen molar-refractivity contribution < 1.29 is 19.2 Å². The Morgan fingerprint density at radius 2 is 1.97 bits per heavy atom. The maximum atomic E-state index is 12.3. The minimum Gasteiger partial charge on any atom is -0.373 e. The van der Waals surface area contributed by atoms with E-state index in [-0.39, 0.29) is 18.1 Å². The Balaban J connectivity index is 1.61. The summed E-state index contributed by atoms with van der Waals surface area (Å²) in [6.07, 6.45) is 1.77. The second kappa shape index (κ2) is 7.76. The molecule has 0 saturated carbocycles. The third kappa shape index (κ3) is 3.82. The predicted octanol–water partition coefficient (Wildman–Crippen LogP) is 0.529. The minimum atomic E-state index is -1.72. The molecule has 2 amide bonds. The lowest BCUT2D eigenvalue weighted by molar-refractivity contribution is -0.144. The summed E-state index contributed by atoms with van der Waals surface area (Å²) in [6.45, 7) is 2.04. The number of nitrogens with one attached hydrogen (secondary N) is 1. The third-order valence-corrected chi connectivity index (χ3v) is 5.13. The van der Waals surface area contributed by atoms with Gasteiger partial charge in [0.1, 0.15) is 11.7 Å². The fourth-order valence-corrected chi connectivity index (χ4v) is 3.23. The van der Waals surface area contributed by atoms with Gasteiger partial charge in [0.25, 0.3) is 5.91 Å². The molecule has 0 aliphatic carbocycles. The first-order valence-electron chi connectivity index (χ1n) is 9.60. The molecule has 1 aliphatic heterocycles. The summed E-state index contributed by atoms with van der Waals surface area (Å²) >= 11 is 0. The van der Waals surface area contributed by atoms with Gasteiger partial charge in [-0.3, -0.25) is 9.59 Å². The molecule has 160 valence electrons. The molecule has 1 aliphatic rings. The van der Waals surface area contributed by atoms with Crippen molar-refractivity contribution in [3.8, 4) is 22.8 Å². The maximum Gasteiger partial charge on any atom is 0.262 e. The summed E-state index contributed by atoms with van der Waals surface area (Å²) in [5.41, 5.74) is 5.46. The van der Waals surface area contributed by atoms with Gasteiger partial charge in [-0.05, 0) is 25.1 Å². The molecule has 2 atom stereocenters. The van der Waals surface area contributed by atoms with Crippen LogP contribution in [0.2, 0.25) is 0 Å². The molecular formula is C20H21N7O4. The van der Waals surface area contributed by atoms with Gasteiger partial charge in [0, 0.05) is 32.3 Å². The molecule has 3 aromatic heterocycles. The van der Waals surface area contributed by atoms with Crippen LogP contribution in [0.25, 0.3) is 22.8 Å². The van der Waals surface area contributed by atoms with E-state index in [0.717, 1.165) is 0 Å². The zero-order valence-corrected chi connectivity index (χ0v) is 16.9. The first kappa shape index (κ1) is 20.4. The summed E-state index contributed by atoms with van der Waals surface area (Å²) in [5, 5.41) is 17.5. The van der Waals surface area contributed by atoms with E-state index >= 15 is 0 Å². The van der Waals surface area contributed by atoms with Crippen molar-refractivity contribution in [3.63, 3.8) is 0 Å². The average Bonchev–Trinajstić information content (AvgIpc) is 3.36. The highest BCUT2D eigenvalue weighted by molar-refractivity contribution is 5.87. The van der Waals surface area contributed by atoms with E-state index in [1.54, 1.807) is 44.4 Å². The Morgan fingerprint density at radius 1 is 1.26 bits per heavy atom. The van der Waals surface area contributed by atoms with Gasteiger partial charge in [0.15, 0.2) is 5.76 Å². The number of rotatable bonds is 6. The summed E-state index contributed by atoms with van der Waals surface area (Å²) in [6, 6.07) is 7.83. The van der Waals surface area contributed by atoms with Crippen molar-refractivity contribution >= 4 is 17.8 Å². The number of nitrogens with two attached hydrogens (primary N) is 1. The summed E-state index contributed by atoms with van der Waals surface area (Å²) in [5.74, 6) is -0.628. The molecular weight excluding hydrogens is 402 g/mol. The lowest BCUT2D eigenvalue weighted by Gasteiger charge is -2.16. The Bertz CT molecular complexity index is 1150. The van der Waals surface area contributed by atoms with Crippen molar-refractivity contribution in [3.05, 3.63) is 42.3 Å². The fourth-order valence-electron chi connectivity index (χ4n) is 3.23. The number of carbonyl (C=O) groups is 2. The van der Waals surface area contributed by atoms with Gasteiger partial charge in [-0.25, -0.2) is 15.0 Å². The zero-order chi connectivity index (χ0) is 22.2. The van der Waals surface area contributed by atoms with Crippen LogP contribution in [0, 0.1) is 0 Å². The highest BCUT2D eigenvalue weighted by Gasteiger charge is 2.48. The number of likely N-dealkylation sites (N-methyl/N-ethyl adjacent to an activating group) is 1. The standard InChI is InChI=1S/C20H21N7O4/c1-11(17(21)28)23-19-22-8-6-14(25-19)12-4-3-5-13(24-12)15-10-16(31-26-15)20(30)7-9-27(2)18(20)29/h3-6,8,10-11,30H,7,9H2,1-2H3,(H2,21,28)(H,22,23,25). The van der Waals surface area contributed by atoms with E-state index in [1.807, 2.05) is 0 Å². The van der Waals surface area contributed by atoms with E-state index in [1.165, 1.54) is 11.0 Å². The van der Waals surface area contributed by atoms with Gasteiger partial charge in [-0.1, -0.05) is 11.2 Å². The number of pyridine rings is 1. The van der Waals surface area contributed by atoms with Crippen LogP contribution in [-0.4, -0.2) is 61.6 Å². The zero-order valence-electron chi connectivity index (χ0n) is 16.9. The predicted molar refractivity (Wildman–Crippen MR) is 109 cm³/mol. The van der Waals surface area contributed by atoms with Gasteiger partial charge in [-0.2, -0.15) is 0 Å². The molecule has 31 heavy (non-hydrogen) atoms. The van der Waals surface area contributed by atoms with Crippen LogP contribution in [0.3, 0.4) is 0 Å².